The number of carbonyl (C=O) groups excluding carboxylic acids is 1. The van der Waals surface area contributed by atoms with Crippen LogP contribution in [-0.4, -0.2) is 32.1 Å². The molecular weight excluding hydrogens is 198 g/mol. The van der Waals surface area contributed by atoms with Crippen LogP contribution < -0.4 is 5.73 Å². The largest absolute Gasteiger partial charge is 0.463 e. The van der Waals surface area contributed by atoms with E-state index in [1.807, 2.05) is 13.8 Å². The third kappa shape index (κ3) is 6.09. The molecule has 0 saturated carbocycles. The number of esters is 1. The minimum absolute atomic E-state index is 0.220. The molecule has 0 aliphatic carbocycles. The average Bonchev–Trinajstić information content (AvgIpc) is 2.17. The lowest BCUT2D eigenvalue weighted by Gasteiger charge is -2.16. The molecule has 0 aromatic heterocycles. The van der Waals surface area contributed by atoms with Crippen LogP contribution in [0, 0.1) is 0 Å². The SMILES string of the molecule is CCOC(=O)/C=C(\N)C(OCC)OCC. The highest BCUT2D eigenvalue weighted by molar-refractivity contribution is 5.82. The minimum atomic E-state index is -0.676. The lowest BCUT2D eigenvalue weighted by molar-refractivity contribution is -0.138. The Kier molecular flexibility index (Phi) is 7.67. The Morgan fingerprint density at radius 2 is 1.73 bits per heavy atom. The van der Waals surface area contributed by atoms with Crippen molar-refractivity contribution < 1.29 is 19.0 Å². The molecular formula is C10H19NO4. The van der Waals surface area contributed by atoms with E-state index in [4.69, 9.17) is 19.9 Å². The van der Waals surface area contributed by atoms with Gasteiger partial charge in [0, 0.05) is 19.3 Å². The molecule has 0 rings (SSSR count). The van der Waals surface area contributed by atoms with E-state index in [0.29, 0.717) is 19.8 Å². The quantitative estimate of drug-likeness (QED) is 0.388. The smallest absolute Gasteiger partial charge is 0.332 e. The van der Waals surface area contributed by atoms with Gasteiger partial charge in [0.05, 0.1) is 12.3 Å². The molecule has 2 N–H and O–H groups in total. The van der Waals surface area contributed by atoms with Crippen LogP contribution in [0.3, 0.4) is 0 Å². The second kappa shape index (κ2) is 8.26. The zero-order chi connectivity index (χ0) is 11.7. The standard InChI is InChI=1S/C10H19NO4/c1-4-13-9(12)7-8(11)10(14-5-2)15-6-3/h7,10H,4-6,11H2,1-3H3/b8-7-. The minimum Gasteiger partial charge on any atom is -0.463 e. The summed E-state index contributed by atoms with van der Waals surface area (Å²) in [6.45, 7) is 6.61. The molecule has 0 fully saturated rings. The van der Waals surface area contributed by atoms with Gasteiger partial charge in [-0.05, 0) is 20.8 Å². The lowest BCUT2D eigenvalue weighted by atomic mass is 10.4. The second-order valence-electron chi connectivity index (χ2n) is 2.64. The normalized spacial score (nSPS) is 11.9. The molecule has 5 nitrogen and oxygen atoms in total. The predicted molar refractivity (Wildman–Crippen MR) is 55.9 cm³/mol. The van der Waals surface area contributed by atoms with Crippen LogP contribution in [0.15, 0.2) is 11.8 Å². The fraction of sp³-hybridized carbons (Fsp3) is 0.700. The maximum Gasteiger partial charge on any atom is 0.332 e. The van der Waals surface area contributed by atoms with Crippen molar-refractivity contribution in [2.75, 3.05) is 19.8 Å². The molecule has 5 heteroatoms. The maximum atomic E-state index is 11.1. The summed E-state index contributed by atoms with van der Waals surface area (Å²) < 4.78 is 15.1. The summed E-state index contributed by atoms with van der Waals surface area (Å²) in [6.07, 6.45) is 0.504. The summed E-state index contributed by atoms with van der Waals surface area (Å²) in [7, 11) is 0. The molecule has 0 aromatic rings. The predicted octanol–water partition coefficient (Wildman–Crippen LogP) is 0.791. The fourth-order valence-corrected chi connectivity index (χ4v) is 0.931. The molecule has 0 aromatic carbocycles. The van der Waals surface area contributed by atoms with Gasteiger partial charge in [-0.2, -0.15) is 0 Å². The third-order valence-electron chi connectivity index (χ3n) is 1.48. The summed E-state index contributed by atoms with van der Waals surface area (Å²) in [4.78, 5) is 11.1. The van der Waals surface area contributed by atoms with E-state index in [2.05, 4.69) is 0 Å². The molecule has 15 heavy (non-hydrogen) atoms. The van der Waals surface area contributed by atoms with Crippen LogP contribution >= 0.6 is 0 Å². The monoisotopic (exact) mass is 217 g/mol. The molecule has 0 aliphatic rings. The Morgan fingerprint density at radius 3 is 2.13 bits per heavy atom. The number of carbonyl (C=O) groups is 1. The van der Waals surface area contributed by atoms with Crippen LogP contribution in [0.2, 0.25) is 0 Å². The first-order valence-corrected chi connectivity index (χ1v) is 5.02. The van der Waals surface area contributed by atoms with Crippen molar-refractivity contribution in [2.45, 2.75) is 27.1 Å². The van der Waals surface area contributed by atoms with Gasteiger partial charge in [-0.25, -0.2) is 4.79 Å². The molecule has 0 aliphatic heterocycles. The molecule has 0 unspecified atom stereocenters. The van der Waals surface area contributed by atoms with Crippen molar-refractivity contribution in [3.8, 4) is 0 Å². The van der Waals surface area contributed by atoms with E-state index in [0.717, 1.165) is 0 Å². The van der Waals surface area contributed by atoms with Crippen LogP contribution in [0.1, 0.15) is 20.8 Å². The first-order chi connectivity index (χ1) is 7.15. The first kappa shape index (κ1) is 13.9. The molecule has 0 atom stereocenters. The number of rotatable bonds is 7. The zero-order valence-electron chi connectivity index (χ0n) is 9.49. The molecule has 0 heterocycles. The average molecular weight is 217 g/mol. The molecule has 0 bridgehead atoms. The van der Waals surface area contributed by atoms with Crippen molar-refractivity contribution in [1.82, 2.24) is 0 Å². The molecule has 0 spiro atoms. The van der Waals surface area contributed by atoms with Crippen LogP contribution in [0.25, 0.3) is 0 Å². The van der Waals surface area contributed by atoms with Gasteiger partial charge >= 0.3 is 5.97 Å². The molecule has 0 amide bonds. The van der Waals surface area contributed by atoms with E-state index in [9.17, 15) is 4.79 Å². The van der Waals surface area contributed by atoms with Gasteiger partial charge in [-0.3, -0.25) is 0 Å². The molecule has 0 radical (unpaired) electrons. The van der Waals surface area contributed by atoms with Crippen LogP contribution in [0.5, 0.6) is 0 Å². The van der Waals surface area contributed by atoms with Gasteiger partial charge < -0.3 is 19.9 Å². The van der Waals surface area contributed by atoms with Crippen LogP contribution in [-0.2, 0) is 19.0 Å². The first-order valence-electron chi connectivity index (χ1n) is 5.02. The number of ether oxygens (including phenoxy) is 3. The van der Waals surface area contributed by atoms with Gasteiger partial charge in [-0.1, -0.05) is 0 Å². The summed E-state index contributed by atoms with van der Waals surface area (Å²) in [5.74, 6) is -0.487. The highest BCUT2D eigenvalue weighted by atomic mass is 16.7. The number of nitrogens with two attached hydrogens (primary N) is 1. The van der Waals surface area contributed by atoms with E-state index >= 15 is 0 Å². The van der Waals surface area contributed by atoms with Crippen molar-refractivity contribution in [3.63, 3.8) is 0 Å². The Bertz CT molecular complexity index is 209. The summed E-state index contributed by atoms with van der Waals surface area (Å²) in [5, 5.41) is 0. The summed E-state index contributed by atoms with van der Waals surface area (Å²) in [6, 6.07) is 0. The second-order valence-corrected chi connectivity index (χ2v) is 2.64. The summed E-state index contributed by atoms with van der Waals surface area (Å²) >= 11 is 0. The topological polar surface area (TPSA) is 70.8 Å². The van der Waals surface area contributed by atoms with Crippen molar-refractivity contribution >= 4 is 5.97 Å². The van der Waals surface area contributed by atoms with Gasteiger partial charge in [0.15, 0.2) is 6.29 Å². The van der Waals surface area contributed by atoms with Gasteiger partial charge in [0.2, 0.25) is 0 Å². The van der Waals surface area contributed by atoms with Crippen molar-refractivity contribution in [2.24, 2.45) is 5.73 Å². The number of hydrogen-bond acceptors (Lipinski definition) is 5. The highest BCUT2D eigenvalue weighted by Crippen LogP contribution is 2.03. The van der Waals surface area contributed by atoms with Gasteiger partial charge in [-0.15, -0.1) is 0 Å². The lowest BCUT2D eigenvalue weighted by Crippen LogP contribution is -2.26. The van der Waals surface area contributed by atoms with Gasteiger partial charge in [0.25, 0.3) is 0 Å². The van der Waals surface area contributed by atoms with Crippen molar-refractivity contribution in [1.29, 1.82) is 0 Å². The van der Waals surface area contributed by atoms with E-state index in [1.165, 1.54) is 6.08 Å². The highest BCUT2D eigenvalue weighted by Gasteiger charge is 2.12. The van der Waals surface area contributed by atoms with E-state index < -0.39 is 12.3 Å². The molecule has 88 valence electrons. The number of hydrogen-bond donors (Lipinski definition) is 1. The van der Waals surface area contributed by atoms with Crippen molar-refractivity contribution in [3.05, 3.63) is 11.8 Å². The zero-order valence-corrected chi connectivity index (χ0v) is 9.49. The van der Waals surface area contributed by atoms with E-state index in [-0.39, 0.29) is 5.70 Å². The summed E-state index contributed by atoms with van der Waals surface area (Å²) in [5.41, 5.74) is 5.85. The maximum absolute atomic E-state index is 11.1. The van der Waals surface area contributed by atoms with Crippen LogP contribution in [0.4, 0.5) is 0 Å². The fourth-order valence-electron chi connectivity index (χ4n) is 0.931. The third-order valence-corrected chi connectivity index (χ3v) is 1.48. The molecule has 0 saturated heterocycles. The Hall–Kier alpha value is -1.07. The Morgan fingerprint density at radius 1 is 1.20 bits per heavy atom. The van der Waals surface area contributed by atoms with Gasteiger partial charge in [0.1, 0.15) is 0 Å². The van der Waals surface area contributed by atoms with E-state index in [1.54, 1.807) is 6.92 Å². The Labute approximate surface area is 90.2 Å². The Balaban J connectivity index is 4.32.